The molecule has 1 heterocycles. The minimum atomic E-state index is -3.47. The van der Waals surface area contributed by atoms with Crippen LogP contribution in [0.5, 0.6) is 5.75 Å². The minimum absolute atomic E-state index is 0.393. The number of hydrogen-bond donors (Lipinski definition) is 0. The summed E-state index contributed by atoms with van der Waals surface area (Å²) >= 11 is 6.20. The molecule has 140 valence electrons. The number of benzene rings is 2. The molecular formula is C19H23ClN2O3S. The van der Waals surface area contributed by atoms with Gasteiger partial charge in [0.2, 0.25) is 10.0 Å². The largest absolute Gasteiger partial charge is 0.495 e. The number of piperazine rings is 1. The van der Waals surface area contributed by atoms with E-state index < -0.39 is 10.0 Å². The van der Waals surface area contributed by atoms with E-state index in [0.29, 0.717) is 41.8 Å². The van der Waals surface area contributed by atoms with Crippen molar-refractivity contribution in [1.29, 1.82) is 0 Å². The first-order chi connectivity index (χ1) is 12.3. The average Bonchev–Trinajstić information content (AvgIpc) is 2.61. The number of halogens is 1. The monoisotopic (exact) mass is 394 g/mol. The van der Waals surface area contributed by atoms with E-state index in [4.69, 9.17) is 16.3 Å². The molecule has 0 atom stereocenters. The van der Waals surface area contributed by atoms with Gasteiger partial charge in [0.1, 0.15) is 5.75 Å². The number of nitrogens with zero attached hydrogens (tertiary/aromatic N) is 2. The molecule has 1 aliphatic heterocycles. The van der Waals surface area contributed by atoms with Crippen LogP contribution >= 0.6 is 11.6 Å². The highest BCUT2D eigenvalue weighted by molar-refractivity contribution is 7.89. The van der Waals surface area contributed by atoms with E-state index in [0.717, 1.165) is 16.8 Å². The van der Waals surface area contributed by atoms with Crippen molar-refractivity contribution in [3.63, 3.8) is 0 Å². The highest BCUT2D eigenvalue weighted by atomic mass is 35.5. The Balaban J connectivity index is 1.74. The Bertz CT molecular complexity index is 907. The van der Waals surface area contributed by atoms with E-state index in [9.17, 15) is 8.42 Å². The van der Waals surface area contributed by atoms with E-state index in [1.807, 2.05) is 44.2 Å². The van der Waals surface area contributed by atoms with Crippen LogP contribution in [0.3, 0.4) is 0 Å². The molecule has 5 nitrogen and oxygen atoms in total. The zero-order valence-corrected chi connectivity index (χ0v) is 16.8. The molecule has 0 unspecified atom stereocenters. The standard InChI is InChI=1S/C19H23ClN2O3S/c1-14-4-7-19(15(2)12-14)26(23,24)22-10-8-21(9-11-22)16-5-6-18(25-3)17(20)13-16/h4-7,12-13H,8-11H2,1-3H3. The third-order valence-corrected chi connectivity index (χ3v) is 7.04. The molecule has 2 aromatic carbocycles. The topological polar surface area (TPSA) is 49.9 Å². The fourth-order valence-electron chi connectivity index (χ4n) is 3.27. The Kier molecular flexibility index (Phi) is 5.46. The zero-order chi connectivity index (χ0) is 18.9. The molecule has 0 aliphatic carbocycles. The van der Waals surface area contributed by atoms with Gasteiger partial charge in [-0.3, -0.25) is 0 Å². The molecule has 0 radical (unpaired) electrons. The van der Waals surface area contributed by atoms with Crippen molar-refractivity contribution in [2.75, 3.05) is 38.2 Å². The van der Waals surface area contributed by atoms with Crippen molar-refractivity contribution in [2.24, 2.45) is 0 Å². The Morgan fingerprint density at radius 2 is 1.69 bits per heavy atom. The van der Waals surface area contributed by atoms with Crippen LogP contribution < -0.4 is 9.64 Å². The summed E-state index contributed by atoms with van der Waals surface area (Å²) in [6.07, 6.45) is 0. The van der Waals surface area contributed by atoms with Crippen molar-refractivity contribution in [1.82, 2.24) is 4.31 Å². The van der Waals surface area contributed by atoms with E-state index >= 15 is 0 Å². The first-order valence-corrected chi connectivity index (χ1v) is 10.3. The summed E-state index contributed by atoms with van der Waals surface area (Å²) in [5.74, 6) is 0.631. The van der Waals surface area contributed by atoms with E-state index in [2.05, 4.69) is 4.90 Å². The first-order valence-electron chi connectivity index (χ1n) is 8.49. The number of sulfonamides is 1. The van der Waals surface area contributed by atoms with Crippen molar-refractivity contribution in [3.8, 4) is 5.75 Å². The number of methoxy groups -OCH3 is 1. The van der Waals surface area contributed by atoms with Crippen molar-refractivity contribution in [2.45, 2.75) is 18.7 Å². The van der Waals surface area contributed by atoms with Gasteiger partial charge in [-0.1, -0.05) is 29.3 Å². The van der Waals surface area contributed by atoms with Crippen LogP contribution in [0, 0.1) is 13.8 Å². The molecule has 0 N–H and O–H groups in total. The summed E-state index contributed by atoms with van der Waals surface area (Å²) in [7, 11) is -1.89. The summed E-state index contributed by atoms with van der Waals surface area (Å²) < 4.78 is 32.7. The summed E-state index contributed by atoms with van der Waals surface area (Å²) in [5, 5.41) is 0.551. The predicted molar refractivity (Wildman–Crippen MR) is 105 cm³/mol. The van der Waals surface area contributed by atoms with Gasteiger partial charge in [0.05, 0.1) is 17.0 Å². The number of aryl methyl sites for hydroxylation is 2. The molecule has 2 aromatic rings. The van der Waals surface area contributed by atoms with Gasteiger partial charge < -0.3 is 9.64 Å². The lowest BCUT2D eigenvalue weighted by Gasteiger charge is -2.35. The van der Waals surface area contributed by atoms with Crippen LogP contribution in [0.25, 0.3) is 0 Å². The molecule has 0 aromatic heterocycles. The van der Waals surface area contributed by atoms with Gasteiger partial charge in [0.15, 0.2) is 0 Å². The average molecular weight is 395 g/mol. The smallest absolute Gasteiger partial charge is 0.243 e. The molecular weight excluding hydrogens is 372 g/mol. The van der Waals surface area contributed by atoms with Gasteiger partial charge in [-0.15, -0.1) is 0 Å². The lowest BCUT2D eigenvalue weighted by molar-refractivity contribution is 0.384. The van der Waals surface area contributed by atoms with E-state index in [1.165, 1.54) is 0 Å². The quantitative estimate of drug-likeness (QED) is 0.796. The fraction of sp³-hybridized carbons (Fsp3) is 0.368. The van der Waals surface area contributed by atoms with Crippen LogP contribution in [0.2, 0.25) is 5.02 Å². The Morgan fingerprint density at radius 1 is 1.00 bits per heavy atom. The Hall–Kier alpha value is -1.76. The number of hydrogen-bond acceptors (Lipinski definition) is 4. The van der Waals surface area contributed by atoms with Crippen LogP contribution in [0.4, 0.5) is 5.69 Å². The van der Waals surface area contributed by atoms with Gasteiger partial charge in [0, 0.05) is 31.9 Å². The van der Waals surface area contributed by atoms with Crippen LogP contribution in [0.1, 0.15) is 11.1 Å². The lowest BCUT2D eigenvalue weighted by Crippen LogP contribution is -2.48. The van der Waals surface area contributed by atoms with Gasteiger partial charge >= 0.3 is 0 Å². The second kappa shape index (κ2) is 7.47. The summed E-state index contributed by atoms with van der Waals surface area (Å²) in [4.78, 5) is 2.53. The second-order valence-corrected chi connectivity index (χ2v) is 8.79. The minimum Gasteiger partial charge on any atom is -0.495 e. The molecule has 0 saturated carbocycles. The summed E-state index contributed by atoms with van der Waals surface area (Å²) in [5.41, 5.74) is 2.82. The Labute approximate surface area is 160 Å². The van der Waals surface area contributed by atoms with Crippen LogP contribution in [-0.4, -0.2) is 46.0 Å². The highest BCUT2D eigenvalue weighted by Crippen LogP contribution is 2.30. The van der Waals surface area contributed by atoms with Gasteiger partial charge in [-0.2, -0.15) is 4.31 Å². The maximum Gasteiger partial charge on any atom is 0.243 e. The van der Waals surface area contributed by atoms with Gasteiger partial charge in [-0.25, -0.2) is 8.42 Å². The lowest BCUT2D eigenvalue weighted by atomic mass is 10.2. The van der Waals surface area contributed by atoms with Crippen molar-refractivity contribution < 1.29 is 13.2 Å². The maximum atomic E-state index is 13.0. The molecule has 26 heavy (non-hydrogen) atoms. The fourth-order valence-corrected chi connectivity index (χ4v) is 5.15. The van der Waals surface area contributed by atoms with Crippen LogP contribution in [0.15, 0.2) is 41.3 Å². The number of anilines is 1. The van der Waals surface area contributed by atoms with Crippen molar-refractivity contribution >= 4 is 27.3 Å². The number of ether oxygens (including phenoxy) is 1. The molecule has 0 bridgehead atoms. The molecule has 7 heteroatoms. The summed E-state index contributed by atoms with van der Waals surface area (Å²) in [6, 6.07) is 11.1. The summed E-state index contributed by atoms with van der Waals surface area (Å²) in [6.45, 7) is 5.93. The first kappa shape index (κ1) is 19.0. The van der Waals surface area contributed by atoms with E-state index in [-0.39, 0.29) is 0 Å². The molecule has 0 spiro atoms. The van der Waals surface area contributed by atoms with Crippen LogP contribution in [-0.2, 0) is 10.0 Å². The predicted octanol–water partition coefficient (Wildman–Crippen LogP) is 3.48. The molecule has 3 rings (SSSR count). The molecule has 0 amide bonds. The van der Waals surface area contributed by atoms with E-state index in [1.54, 1.807) is 17.5 Å². The van der Waals surface area contributed by atoms with Crippen molar-refractivity contribution in [3.05, 3.63) is 52.5 Å². The SMILES string of the molecule is COc1ccc(N2CCN(S(=O)(=O)c3ccc(C)cc3C)CC2)cc1Cl. The van der Waals surface area contributed by atoms with Gasteiger partial charge in [-0.05, 0) is 43.7 Å². The molecule has 1 saturated heterocycles. The third-order valence-electron chi connectivity index (χ3n) is 4.69. The molecule has 1 fully saturated rings. The third kappa shape index (κ3) is 3.68. The second-order valence-electron chi connectivity index (χ2n) is 6.48. The maximum absolute atomic E-state index is 13.0. The highest BCUT2D eigenvalue weighted by Gasteiger charge is 2.29. The molecule has 1 aliphatic rings. The zero-order valence-electron chi connectivity index (χ0n) is 15.2. The normalized spacial score (nSPS) is 15.9. The Morgan fingerprint density at radius 3 is 2.27 bits per heavy atom. The van der Waals surface area contributed by atoms with Gasteiger partial charge in [0.25, 0.3) is 0 Å². The number of rotatable bonds is 4.